The van der Waals surface area contributed by atoms with Crippen molar-refractivity contribution in [3.8, 4) is 0 Å². The van der Waals surface area contributed by atoms with E-state index in [1.807, 2.05) is 6.07 Å². The molecule has 0 aliphatic carbocycles. The molecule has 0 radical (unpaired) electrons. The summed E-state index contributed by atoms with van der Waals surface area (Å²) in [4.78, 5) is 37.3. The summed E-state index contributed by atoms with van der Waals surface area (Å²) >= 11 is 5.86. The smallest absolute Gasteiger partial charge is 0.319 e. The molecule has 24 heavy (non-hydrogen) atoms. The number of imide groups is 1. The molecule has 2 aromatic carbocycles. The third-order valence-corrected chi connectivity index (χ3v) is 3.82. The summed E-state index contributed by atoms with van der Waals surface area (Å²) in [6.45, 7) is 0.240. The summed E-state index contributed by atoms with van der Waals surface area (Å²) in [6.07, 6.45) is 0. The predicted octanol–water partition coefficient (Wildman–Crippen LogP) is 2.76. The highest BCUT2D eigenvalue weighted by atomic mass is 35.5. The van der Waals surface area contributed by atoms with Crippen LogP contribution in [0.1, 0.15) is 20.7 Å². The minimum atomic E-state index is -0.402. The first-order chi connectivity index (χ1) is 11.6. The zero-order chi connectivity index (χ0) is 17.1. The van der Waals surface area contributed by atoms with Crippen molar-refractivity contribution in [3.05, 3.63) is 64.7 Å². The number of carbonyl (C=O) groups is 3. The Bertz CT molecular complexity index is 808. The number of nitrogens with zero attached hydrogens (tertiary/aromatic N) is 1. The van der Waals surface area contributed by atoms with Gasteiger partial charge in [-0.05, 0) is 30.3 Å². The van der Waals surface area contributed by atoms with Gasteiger partial charge >= 0.3 is 6.03 Å². The van der Waals surface area contributed by atoms with Crippen LogP contribution >= 0.6 is 11.6 Å². The van der Waals surface area contributed by atoms with Gasteiger partial charge in [-0.2, -0.15) is 0 Å². The van der Waals surface area contributed by atoms with Gasteiger partial charge < -0.3 is 10.6 Å². The molecular weight excluding hydrogens is 330 g/mol. The van der Waals surface area contributed by atoms with Crippen LogP contribution < -0.4 is 10.6 Å². The van der Waals surface area contributed by atoms with E-state index < -0.39 is 11.9 Å². The Morgan fingerprint density at radius 2 is 1.71 bits per heavy atom. The molecule has 0 unspecified atom stereocenters. The second-order valence-corrected chi connectivity index (χ2v) is 5.64. The number of fused-ring (bicyclic) bond motifs is 1. The van der Waals surface area contributed by atoms with E-state index in [1.54, 1.807) is 30.3 Å². The molecule has 1 aliphatic rings. The van der Waals surface area contributed by atoms with E-state index in [1.165, 1.54) is 12.1 Å². The van der Waals surface area contributed by atoms with E-state index in [-0.39, 0.29) is 19.0 Å². The molecule has 122 valence electrons. The summed E-state index contributed by atoms with van der Waals surface area (Å²) < 4.78 is 0. The van der Waals surface area contributed by atoms with E-state index in [9.17, 15) is 14.4 Å². The number of hydrogen-bond donors (Lipinski definition) is 2. The SMILES string of the molecule is O=C(NCCN1C(=O)c2ccc(Cl)cc2C1=O)Nc1ccccc1. The number of benzene rings is 2. The van der Waals surface area contributed by atoms with Gasteiger partial charge in [0.25, 0.3) is 11.8 Å². The van der Waals surface area contributed by atoms with Crippen molar-refractivity contribution < 1.29 is 14.4 Å². The van der Waals surface area contributed by atoms with Crippen LogP contribution in [-0.4, -0.2) is 35.8 Å². The van der Waals surface area contributed by atoms with Gasteiger partial charge in [-0.25, -0.2) is 4.79 Å². The minimum absolute atomic E-state index is 0.0895. The van der Waals surface area contributed by atoms with Crippen LogP contribution in [0.5, 0.6) is 0 Å². The normalized spacial score (nSPS) is 13.0. The Labute approximate surface area is 143 Å². The molecule has 2 aromatic rings. The van der Waals surface area contributed by atoms with Gasteiger partial charge in [0.2, 0.25) is 0 Å². The Hall–Kier alpha value is -2.86. The fourth-order valence-electron chi connectivity index (χ4n) is 2.44. The molecule has 0 aromatic heterocycles. The molecule has 0 saturated heterocycles. The highest BCUT2D eigenvalue weighted by Gasteiger charge is 2.35. The van der Waals surface area contributed by atoms with E-state index in [0.717, 1.165) is 4.90 Å². The van der Waals surface area contributed by atoms with Crippen LogP contribution in [0.2, 0.25) is 5.02 Å². The number of nitrogens with one attached hydrogen (secondary N) is 2. The molecule has 6 nitrogen and oxygen atoms in total. The summed E-state index contributed by atoms with van der Waals surface area (Å²) in [7, 11) is 0. The highest BCUT2D eigenvalue weighted by molar-refractivity contribution is 6.32. The molecule has 4 amide bonds. The molecule has 0 saturated carbocycles. The molecule has 7 heteroatoms. The lowest BCUT2D eigenvalue weighted by molar-refractivity contribution is 0.0656. The zero-order valence-electron chi connectivity index (χ0n) is 12.6. The molecule has 0 atom stereocenters. The van der Waals surface area contributed by atoms with Crippen molar-refractivity contribution in [2.45, 2.75) is 0 Å². The zero-order valence-corrected chi connectivity index (χ0v) is 13.3. The minimum Gasteiger partial charge on any atom is -0.336 e. The molecule has 1 heterocycles. The molecule has 0 spiro atoms. The monoisotopic (exact) mass is 343 g/mol. The molecular formula is C17H14ClN3O3. The third-order valence-electron chi connectivity index (χ3n) is 3.59. The quantitative estimate of drug-likeness (QED) is 0.838. The standard InChI is InChI=1S/C17H14ClN3O3/c18-11-6-7-13-14(10-11)16(23)21(15(13)22)9-8-19-17(24)20-12-4-2-1-3-5-12/h1-7,10H,8-9H2,(H2,19,20,24). The van der Waals surface area contributed by atoms with Crippen molar-refractivity contribution in [1.29, 1.82) is 0 Å². The highest BCUT2D eigenvalue weighted by Crippen LogP contribution is 2.25. The number of amides is 4. The van der Waals surface area contributed by atoms with E-state index >= 15 is 0 Å². The molecule has 0 fully saturated rings. The average Bonchev–Trinajstić information content (AvgIpc) is 2.80. The maximum Gasteiger partial charge on any atom is 0.319 e. The summed E-state index contributed by atoms with van der Waals surface area (Å²) in [5, 5.41) is 5.67. The van der Waals surface area contributed by atoms with Crippen molar-refractivity contribution in [2.24, 2.45) is 0 Å². The first-order valence-corrected chi connectivity index (χ1v) is 7.70. The van der Waals surface area contributed by atoms with Gasteiger partial charge in [0, 0.05) is 23.8 Å². The first kappa shape index (κ1) is 16.0. The maximum atomic E-state index is 12.2. The van der Waals surface area contributed by atoms with E-state index in [0.29, 0.717) is 21.8 Å². The van der Waals surface area contributed by atoms with Gasteiger partial charge in [0.1, 0.15) is 0 Å². The second-order valence-electron chi connectivity index (χ2n) is 5.20. The molecule has 1 aliphatic heterocycles. The van der Waals surface area contributed by atoms with Gasteiger partial charge in [-0.3, -0.25) is 14.5 Å². The van der Waals surface area contributed by atoms with E-state index in [2.05, 4.69) is 10.6 Å². The van der Waals surface area contributed by atoms with Gasteiger partial charge in [-0.1, -0.05) is 29.8 Å². The number of halogens is 1. The largest absolute Gasteiger partial charge is 0.336 e. The fraction of sp³-hybridized carbons (Fsp3) is 0.118. The number of rotatable bonds is 4. The van der Waals surface area contributed by atoms with Crippen LogP contribution in [0, 0.1) is 0 Å². The van der Waals surface area contributed by atoms with Crippen molar-refractivity contribution in [3.63, 3.8) is 0 Å². The van der Waals surface area contributed by atoms with Gasteiger partial charge in [0.15, 0.2) is 0 Å². The number of carbonyl (C=O) groups excluding carboxylic acids is 3. The topological polar surface area (TPSA) is 78.5 Å². The molecule has 2 N–H and O–H groups in total. The third kappa shape index (κ3) is 3.23. The Kier molecular flexibility index (Phi) is 4.48. The maximum absolute atomic E-state index is 12.2. The first-order valence-electron chi connectivity index (χ1n) is 7.32. The second kappa shape index (κ2) is 6.72. The summed E-state index contributed by atoms with van der Waals surface area (Å²) in [5.41, 5.74) is 1.28. The average molecular weight is 344 g/mol. The van der Waals surface area contributed by atoms with E-state index in [4.69, 9.17) is 11.6 Å². The lowest BCUT2D eigenvalue weighted by Gasteiger charge is -2.14. The summed E-state index contributed by atoms with van der Waals surface area (Å²) in [5.74, 6) is -0.778. The van der Waals surface area contributed by atoms with Crippen molar-refractivity contribution in [1.82, 2.24) is 10.2 Å². The van der Waals surface area contributed by atoms with Crippen LogP contribution in [0.4, 0.5) is 10.5 Å². The van der Waals surface area contributed by atoms with Crippen molar-refractivity contribution >= 4 is 35.1 Å². The Balaban J connectivity index is 1.55. The van der Waals surface area contributed by atoms with Gasteiger partial charge in [-0.15, -0.1) is 0 Å². The number of anilines is 1. The molecule has 0 bridgehead atoms. The fourth-order valence-corrected chi connectivity index (χ4v) is 2.62. The lowest BCUT2D eigenvalue weighted by Crippen LogP contribution is -2.39. The number of para-hydroxylation sites is 1. The Morgan fingerprint density at radius 3 is 2.46 bits per heavy atom. The molecule has 3 rings (SSSR count). The van der Waals surface area contributed by atoms with Crippen LogP contribution in [0.15, 0.2) is 48.5 Å². The Morgan fingerprint density at radius 1 is 1.00 bits per heavy atom. The van der Waals surface area contributed by atoms with Crippen LogP contribution in [0.25, 0.3) is 0 Å². The lowest BCUT2D eigenvalue weighted by atomic mass is 10.1. The number of urea groups is 1. The van der Waals surface area contributed by atoms with Crippen LogP contribution in [0.3, 0.4) is 0 Å². The summed E-state index contributed by atoms with van der Waals surface area (Å²) in [6, 6.07) is 13.2. The number of hydrogen-bond acceptors (Lipinski definition) is 3. The predicted molar refractivity (Wildman–Crippen MR) is 90.3 cm³/mol. The van der Waals surface area contributed by atoms with Crippen molar-refractivity contribution in [2.75, 3.05) is 18.4 Å². The van der Waals surface area contributed by atoms with Crippen LogP contribution in [-0.2, 0) is 0 Å². The van der Waals surface area contributed by atoms with Gasteiger partial charge in [0.05, 0.1) is 11.1 Å².